The second kappa shape index (κ2) is 5.26. The van der Waals surface area contributed by atoms with E-state index in [9.17, 15) is 4.79 Å². The van der Waals surface area contributed by atoms with E-state index in [1.165, 1.54) is 0 Å². The molecule has 6 nitrogen and oxygen atoms in total. The molecule has 1 amide bonds. The van der Waals surface area contributed by atoms with Crippen molar-refractivity contribution < 1.29 is 4.79 Å². The Morgan fingerprint density at radius 3 is 2.53 bits per heavy atom. The first-order valence-electron chi connectivity index (χ1n) is 6.22. The molecule has 2 N–H and O–H groups in total. The van der Waals surface area contributed by atoms with E-state index in [4.69, 9.17) is 0 Å². The zero-order chi connectivity index (χ0) is 14.0. The zero-order valence-electron chi connectivity index (χ0n) is 11.7. The van der Waals surface area contributed by atoms with Crippen LogP contribution in [0.3, 0.4) is 0 Å². The maximum atomic E-state index is 12.2. The lowest BCUT2D eigenvalue weighted by Crippen LogP contribution is -2.28. The fraction of sp³-hybridized carbons (Fsp3) is 0.462. The molecule has 0 aliphatic heterocycles. The second-order valence-electron chi connectivity index (χ2n) is 4.86. The van der Waals surface area contributed by atoms with E-state index < -0.39 is 0 Å². The van der Waals surface area contributed by atoms with Crippen molar-refractivity contribution in [3.05, 3.63) is 34.4 Å². The van der Waals surface area contributed by atoms with Crippen LogP contribution in [0.4, 0.5) is 0 Å². The van der Waals surface area contributed by atoms with Crippen molar-refractivity contribution in [3.63, 3.8) is 0 Å². The van der Waals surface area contributed by atoms with E-state index in [2.05, 4.69) is 20.4 Å². The number of hydrogen-bond acceptors (Lipinski definition) is 3. The highest BCUT2D eigenvalue weighted by Crippen LogP contribution is 2.13. The average molecular weight is 261 g/mol. The minimum Gasteiger partial charge on any atom is -0.341 e. The number of hydrogen-bond donors (Lipinski definition) is 2. The molecular formula is C13H19N5O. The summed E-state index contributed by atoms with van der Waals surface area (Å²) in [5.41, 5.74) is 4.87. The number of carbonyl (C=O) groups is 1. The summed E-state index contributed by atoms with van der Waals surface area (Å²) in [4.78, 5) is 13.9. The molecule has 0 saturated heterocycles. The van der Waals surface area contributed by atoms with Gasteiger partial charge in [-0.15, -0.1) is 0 Å². The Bertz CT molecular complexity index is 564. The van der Waals surface area contributed by atoms with Crippen molar-refractivity contribution in [1.29, 1.82) is 0 Å². The summed E-state index contributed by atoms with van der Waals surface area (Å²) < 4.78 is 0. The van der Waals surface area contributed by atoms with Crippen molar-refractivity contribution in [1.82, 2.24) is 25.3 Å². The molecular weight excluding hydrogens is 242 g/mol. The van der Waals surface area contributed by atoms with Crippen LogP contribution in [0.1, 0.15) is 28.2 Å². The fourth-order valence-electron chi connectivity index (χ4n) is 2.00. The van der Waals surface area contributed by atoms with E-state index in [-0.39, 0.29) is 5.91 Å². The Labute approximate surface area is 112 Å². The molecule has 0 fully saturated rings. The Morgan fingerprint density at radius 1 is 1.26 bits per heavy atom. The Kier molecular flexibility index (Phi) is 3.69. The highest BCUT2D eigenvalue weighted by atomic mass is 16.2. The summed E-state index contributed by atoms with van der Waals surface area (Å²) in [5.74, 6) is 0.0770. The first kappa shape index (κ1) is 13.3. The van der Waals surface area contributed by atoms with Crippen LogP contribution in [-0.2, 0) is 17.8 Å². The normalized spacial score (nSPS) is 10.7. The number of amides is 1. The third-order valence-electron chi connectivity index (χ3n) is 3.38. The van der Waals surface area contributed by atoms with Gasteiger partial charge in [0.25, 0.3) is 0 Å². The largest absolute Gasteiger partial charge is 0.341 e. The highest BCUT2D eigenvalue weighted by Gasteiger charge is 2.16. The zero-order valence-corrected chi connectivity index (χ0v) is 11.7. The van der Waals surface area contributed by atoms with Crippen molar-refractivity contribution >= 4 is 5.91 Å². The molecule has 2 heterocycles. The van der Waals surface area contributed by atoms with Gasteiger partial charge in [0.1, 0.15) is 0 Å². The molecule has 102 valence electrons. The molecule has 0 saturated carbocycles. The highest BCUT2D eigenvalue weighted by molar-refractivity contribution is 5.79. The van der Waals surface area contributed by atoms with Gasteiger partial charge >= 0.3 is 0 Å². The van der Waals surface area contributed by atoms with Crippen molar-refractivity contribution in [2.24, 2.45) is 0 Å². The van der Waals surface area contributed by atoms with Crippen LogP contribution >= 0.6 is 0 Å². The predicted octanol–water partition coefficient (Wildman–Crippen LogP) is 1.26. The lowest BCUT2D eigenvalue weighted by atomic mass is 10.1. The number of rotatable bonds is 4. The Hall–Kier alpha value is -2.11. The molecule has 0 radical (unpaired) electrons. The molecule has 2 rings (SSSR count). The third-order valence-corrected chi connectivity index (χ3v) is 3.38. The van der Waals surface area contributed by atoms with E-state index in [1.54, 1.807) is 18.1 Å². The Morgan fingerprint density at radius 2 is 2.00 bits per heavy atom. The van der Waals surface area contributed by atoms with Crippen LogP contribution in [0.15, 0.2) is 6.20 Å². The third kappa shape index (κ3) is 2.83. The monoisotopic (exact) mass is 261 g/mol. The van der Waals surface area contributed by atoms with Gasteiger partial charge in [0.15, 0.2) is 0 Å². The summed E-state index contributed by atoms with van der Waals surface area (Å²) in [6.45, 7) is 6.36. The van der Waals surface area contributed by atoms with Crippen LogP contribution < -0.4 is 0 Å². The topological polar surface area (TPSA) is 77.7 Å². The van der Waals surface area contributed by atoms with Gasteiger partial charge in [-0.25, -0.2) is 0 Å². The summed E-state index contributed by atoms with van der Waals surface area (Å²) in [7, 11) is 1.81. The Balaban J connectivity index is 2.02. The maximum absolute atomic E-state index is 12.2. The number of nitrogens with zero attached hydrogens (tertiary/aromatic N) is 3. The van der Waals surface area contributed by atoms with Gasteiger partial charge in [-0.05, 0) is 20.8 Å². The average Bonchev–Trinajstić information content (AvgIpc) is 2.90. The molecule has 0 aliphatic carbocycles. The number of aromatic nitrogens is 4. The van der Waals surface area contributed by atoms with Crippen LogP contribution in [0, 0.1) is 20.8 Å². The van der Waals surface area contributed by atoms with Gasteiger partial charge < -0.3 is 4.90 Å². The second-order valence-corrected chi connectivity index (χ2v) is 4.86. The molecule has 2 aromatic heterocycles. The van der Waals surface area contributed by atoms with Crippen LogP contribution in [-0.4, -0.2) is 38.2 Å². The van der Waals surface area contributed by atoms with E-state index in [0.29, 0.717) is 13.0 Å². The van der Waals surface area contributed by atoms with Crippen molar-refractivity contribution in [2.75, 3.05) is 7.05 Å². The summed E-state index contributed by atoms with van der Waals surface area (Å²) in [6, 6.07) is 0. The minimum absolute atomic E-state index is 0.0770. The van der Waals surface area contributed by atoms with Crippen LogP contribution in [0.25, 0.3) is 0 Å². The van der Waals surface area contributed by atoms with Gasteiger partial charge in [-0.3, -0.25) is 15.0 Å². The lowest BCUT2D eigenvalue weighted by Gasteiger charge is -2.16. The summed E-state index contributed by atoms with van der Waals surface area (Å²) in [6.07, 6.45) is 2.13. The van der Waals surface area contributed by atoms with Gasteiger partial charge in [0.05, 0.1) is 18.3 Å². The van der Waals surface area contributed by atoms with Gasteiger partial charge in [-0.2, -0.15) is 10.2 Å². The molecule has 0 atom stereocenters. The minimum atomic E-state index is 0.0770. The quantitative estimate of drug-likeness (QED) is 0.869. The molecule has 0 bridgehead atoms. The summed E-state index contributed by atoms with van der Waals surface area (Å²) in [5, 5.41) is 13.8. The fourth-order valence-corrected chi connectivity index (χ4v) is 2.00. The smallest absolute Gasteiger partial charge is 0.227 e. The number of carbonyl (C=O) groups excluding carboxylic acids is 1. The van der Waals surface area contributed by atoms with Crippen molar-refractivity contribution in [3.8, 4) is 0 Å². The first-order chi connectivity index (χ1) is 8.99. The number of likely N-dealkylation sites (N-methyl/N-ethyl adjacent to an activating group) is 1. The molecule has 0 aromatic carbocycles. The summed E-state index contributed by atoms with van der Waals surface area (Å²) >= 11 is 0. The lowest BCUT2D eigenvalue weighted by molar-refractivity contribution is -0.129. The van der Waals surface area contributed by atoms with E-state index in [1.807, 2.05) is 20.8 Å². The molecule has 2 aromatic rings. The molecule has 0 unspecified atom stereocenters. The number of H-pyrrole nitrogens is 2. The molecule has 0 spiro atoms. The predicted molar refractivity (Wildman–Crippen MR) is 71.6 cm³/mol. The first-order valence-corrected chi connectivity index (χ1v) is 6.22. The van der Waals surface area contributed by atoms with Crippen LogP contribution in [0.5, 0.6) is 0 Å². The molecule has 19 heavy (non-hydrogen) atoms. The van der Waals surface area contributed by atoms with Gasteiger partial charge in [-0.1, -0.05) is 0 Å². The van der Waals surface area contributed by atoms with E-state index >= 15 is 0 Å². The number of aromatic amines is 2. The number of aryl methyl sites for hydroxylation is 3. The number of nitrogens with one attached hydrogen (secondary N) is 2. The van der Waals surface area contributed by atoms with E-state index in [0.717, 1.165) is 28.2 Å². The molecule has 6 heteroatoms. The van der Waals surface area contributed by atoms with Gasteiger partial charge in [0.2, 0.25) is 5.91 Å². The standard InChI is InChI=1S/C13H19N5O/c1-8-11(6-14-15-8)7-18(4)13(19)5-12-9(2)16-17-10(12)3/h6H,5,7H2,1-4H3,(H,14,15)(H,16,17). The van der Waals surface area contributed by atoms with Gasteiger partial charge in [0, 0.05) is 36.1 Å². The maximum Gasteiger partial charge on any atom is 0.227 e. The SMILES string of the molecule is Cc1n[nH]c(C)c1CC(=O)N(C)Cc1cn[nH]c1C. The van der Waals surface area contributed by atoms with Crippen molar-refractivity contribution in [2.45, 2.75) is 33.7 Å². The van der Waals surface area contributed by atoms with Crippen LogP contribution in [0.2, 0.25) is 0 Å². The molecule has 0 aliphatic rings.